The average molecular weight is 346 g/mol. The Hall–Kier alpha value is -1.96. The van der Waals surface area contributed by atoms with Crippen LogP contribution in [0.4, 0.5) is 9.18 Å². The van der Waals surface area contributed by atoms with Gasteiger partial charge in [-0.15, -0.1) is 0 Å². The summed E-state index contributed by atoms with van der Waals surface area (Å²) < 4.78 is 22.7. The minimum absolute atomic E-state index is 0.0400. The number of carbonyl (C=O) groups excluding carboxylic acids is 3. The molecule has 0 aromatic heterocycles. The van der Waals surface area contributed by atoms with E-state index in [4.69, 9.17) is 4.74 Å². The highest BCUT2D eigenvalue weighted by Crippen LogP contribution is 2.18. The predicted octanol–water partition coefficient (Wildman–Crippen LogP) is 1.72. The summed E-state index contributed by atoms with van der Waals surface area (Å²) >= 11 is 3.08. The number of benzene rings is 1. The predicted molar refractivity (Wildman–Crippen MR) is 67.4 cm³/mol. The number of hydrogen-bond acceptors (Lipinski definition) is 5. The molecule has 1 saturated heterocycles. The monoisotopic (exact) mass is 345 g/mol. The minimum atomic E-state index is -0.864. The summed E-state index contributed by atoms with van der Waals surface area (Å²) in [5.74, 6) is -2.15. The number of hydrogen-bond donors (Lipinski definition) is 0. The smallest absolute Gasteiger partial charge is 0.416 e. The van der Waals surface area contributed by atoms with Crippen LogP contribution in [0.15, 0.2) is 22.7 Å². The fourth-order valence-corrected chi connectivity index (χ4v) is 1.97. The first-order chi connectivity index (χ1) is 9.49. The summed E-state index contributed by atoms with van der Waals surface area (Å²) in [6, 6.07) is 3.51. The molecule has 2 amide bonds. The molecule has 1 fully saturated rings. The number of ether oxygens (including phenoxy) is 2. The molecule has 0 bridgehead atoms. The van der Waals surface area contributed by atoms with Gasteiger partial charge in [-0.3, -0.25) is 4.79 Å². The quantitative estimate of drug-likeness (QED) is 0.780. The lowest BCUT2D eigenvalue weighted by atomic mass is 10.2. The second-order valence-corrected chi connectivity index (χ2v) is 4.71. The highest BCUT2D eigenvalue weighted by Gasteiger charge is 2.29. The number of imide groups is 1. The summed E-state index contributed by atoms with van der Waals surface area (Å²) in [6.45, 7) is -0.371. The SMILES string of the molecule is O=C(OCC(=O)N1CCOC1=O)c1cc(F)ccc1Br. The van der Waals surface area contributed by atoms with E-state index in [1.165, 1.54) is 12.1 Å². The van der Waals surface area contributed by atoms with E-state index in [-0.39, 0.29) is 18.7 Å². The van der Waals surface area contributed by atoms with Gasteiger partial charge in [-0.1, -0.05) is 0 Å². The molecule has 0 unspecified atom stereocenters. The van der Waals surface area contributed by atoms with Gasteiger partial charge in [0.15, 0.2) is 6.61 Å². The van der Waals surface area contributed by atoms with Crippen molar-refractivity contribution in [2.45, 2.75) is 0 Å². The molecule has 1 aliphatic heterocycles. The summed E-state index contributed by atoms with van der Waals surface area (Å²) in [5, 5.41) is 0. The van der Waals surface area contributed by atoms with Gasteiger partial charge < -0.3 is 9.47 Å². The number of halogens is 2. The van der Waals surface area contributed by atoms with Crippen molar-refractivity contribution in [2.75, 3.05) is 19.8 Å². The van der Waals surface area contributed by atoms with Gasteiger partial charge in [0.05, 0.1) is 12.1 Å². The second-order valence-electron chi connectivity index (χ2n) is 3.86. The van der Waals surface area contributed by atoms with Gasteiger partial charge in [0.1, 0.15) is 12.4 Å². The van der Waals surface area contributed by atoms with E-state index in [2.05, 4.69) is 20.7 Å². The first-order valence-corrected chi connectivity index (χ1v) is 6.37. The lowest BCUT2D eigenvalue weighted by molar-refractivity contribution is -0.131. The summed E-state index contributed by atoms with van der Waals surface area (Å²) in [7, 11) is 0. The molecular weight excluding hydrogens is 337 g/mol. The highest BCUT2D eigenvalue weighted by molar-refractivity contribution is 9.10. The largest absolute Gasteiger partial charge is 0.452 e. The van der Waals surface area contributed by atoms with Crippen LogP contribution in [0.1, 0.15) is 10.4 Å². The van der Waals surface area contributed by atoms with E-state index in [1.54, 1.807) is 0 Å². The Balaban J connectivity index is 1.97. The molecule has 0 spiro atoms. The van der Waals surface area contributed by atoms with Gasteiger partial charge in [0, 0.05) is 4.47 Å². The number of esters is 1. The number of amides is 2. The maximum Gasteiger partial charge on any atom is 0.416 e. The molecule has 0 aliphatic carbocycles. The summed E-state index contributed by atoms with van der Waals surface area (Å²) in [6.07, 6.45) is -0.766. The van der Waals surface area contributed by atoms with E-state index >= 15 is 0 Å². The van der Waals surface area contributed by atoms with Crippen LogP contribution >= 0.6 is 15.9 Å². The number of rotatable bonds is 3. The van der Waals surface area contributed by atoms with Gasteiger partial charge >= 0.3 is 12.1 Å². The van der Waals surface area contributed by atoms with Crippen LogP contribution in [0.5, 0.6) is 0 Å². The molecule has 0 atom stereocenters. The van der Waals surface area contributed by atoms with Crippen molar-refractivity contribution < 1.29 is 28.2 Å². The Morgan fingerprint density at radius 1 is 1.45 bits per heavy atom. The van der Waals surface area contributed by atoms with Crippen molar-refractivity contribution in [1.29, 1.82) is 0 Å². The molecular formula is C12H9BrFNO5. The molecule has 0 saturated carbocycles. The molecule has 20 heavy (non-hydrogen) atoms. The highest BCUT2D eigenvalue weighted by atomic mass is 79.9. The molecule has 2 rings (SSSR count). The molecule has 0 N–H and O–H groups in total. The van der Waals surface area contributed by atoms with Gasteiger partial charge in [-0.05, 0) is 34.1 Å². The summed E-state index contributed by atoms with van der Waals surface area (Å²) in [4.78, 5) is 35.3. The van der Waals surface area contributed by atoms with Gasteiger partial charge in [0.25, 0.3) is 5.91 Å². The van der Waals surface area contributed by atoms with Crippen molar-refractivity contribution in [3.8, 4) is 0 Å². The minimum Gasteiger partial charge on any atom is -0.452 e. The lowest BCUT2D eigenvalue weighted by Gasteiger charge is -2.11. The van der Waals surface area contributed by atoms with E-state index in [9.17, 15) is 18.8 Å². The number of cyclic esters (lactones) is 1. The van der Waals surface area contributed by atoms with Gasteiger partial charge in [-0.2, -0.15) is 0 Å². The lowest BCUT2D eigenvalue weighted by Crippen LogP contribution is -2.35. The fourth-order valence-electron chi connectivity index (χ4n) is 1.56. The third-order valence-corrected chi connectivity index (χ3v) is 3.23. The Bertz CT molecular complexity index is 577. The fraction of sp³-hybridized carbons (Fsp3) is 0.250. The average Bonchev–Trinajstić information content (AvgIpc) is 2.84. The Morgan fingerprint density at radius 2 is 2.20 bits per heavy atom. The molecule has 0 radical (unpaired) electrons. The summed E-state index contributed by atoms with van der Waals surface area (Å²) in [5.41, 5.74) is -0.0400. The molecule has 1 heterocycles. The van der Waals surface area contributed by atoms with Crippen LogP contribution in [0.3, 0.4) is 0 Å². The zero-order chi connectivity index (χ0) is 14.7. The zero-order valence-electron chi connectivity index (χ0n) is 10.1. The first-order valence-electron chi connectivity index (χ1n) is 5.58. The van der Waals surface area contributed by atoms with Crippen molar-refractivity contribution in [1.82, 2.24) is 4.90 Å². The number of carbonyl (C=O) groups is 3. The molecule has 1 aromatic carbocycles. The molecule has 8 heteroatoms. The molecule has 106 valence electrons. The van der Waals surface area contributed by atoms with Gasteiger partial charge in [-0.25, -0.2) is 18.9 Å². The van der Waals surface area contributed by atoms with Crippen molar-refractivity contribution in [3.63, 3.8) is 0 Å². The maximum absolute atomic E-state index is 13.0. The molecule has 6 nitrogen and oxygen atoms in total. The van der Waals surface area contributed by atoms with E-state index in [0.717, 1.165) is 11.0 Å². The number of nitrogens with zero attached hydrogens (tertiary/aromatic N) is 1. The third-order valence-electron chi connectivity index (χ3n) is 2.54. The van der Waals surface area contributed by atoms with Crippen molar-refractivity contribution >= 4 is 33.9 Å². The van der Waals surface area contributed by atoms with Crippen LogP contribution in [0.25, 0.3) is 0 Å². The normalized spacial score (nSPS) is 14.1. The topological polar surface area (TPSA) is 72.9 Å². The van der Waals surface area contributed by atoms with Crippen LogP contribution in [-0.2, 0) is 14.3 Å². The third kappa shape index (κ3) is 3.13. The van der Waals surface area contributed by atoms with Gasteiger partial charge in [0.2, 0.25) is 0 Å². The zero-order valence-corrected chi connectivity index (χ0v) is 11.7. The van der Waals surface area contributed by atoms with Crippen LogP contribution in [0.2, 0.25) is 0 Å². The van der Waals surface area contributed by atoms with Crippen LogP contribution < -0.4 is 0 Å². The van der Waals surface area contributed by atoms with Crippen LogP contribution in [0, 0.1) is 5.82 Å². The van der Waals surface area contributed by atoms with Crippen molar-refractivity contribution in [2.24, 2.45) is 0 Å². The molecule has 1 aromatic rings. The standard InChI is InChI=1S/C12H9BrFNO5/c13-9-2-1-7(14)5-8(9)11(17)20-6-10(16)15-3-4-19-12(15)18/h1-2,5H,3-4,6H2. The molecule has 1 aliphatic rings. The maximum atomic E-state index is 13.0. The van der Waals surface area contributed by atoms with Crippen molar-refractivity contribution in [3.05, 3.63) is 34.1 Å². The van der Waals surface area contributed by atoms with E-state index < -0.39 is 30.4 Å². The Kier molecular flexibility index (Phi) is 4.33. The van der Waals surface area contributed by atoms with E-state index in [0.29, 0.717) is 4.47 Å². The van der Waals surface area contributed by atoms with E-state index in [1.807, 2.05) is 0 Å². The second kappa shape index (κ2) is 6.00. The van der Waals surface area contributed by atoms with Crippen LogP contribution in [-0.4, -0.2) is 42.6 Å². The Morgan fingerprint density at radius 3 is 2.85 bits per heavy atom. The first kappa shape index (κ1) is 14.4. The Labute approximate surface area is 121 Å².